The standard InChI is InChI=1S/C9H11NO2.C8H7N3/c10-8(9(11)12)6-7-4-2-1-3-5-7;9-7-5-3-1-2-4-6(5)8(10)11-7/h1-5,8H,6,10H2,(H,11,12);1-4H,(H3,9,10,11)/t8-;/m0./s1. The lowest BCUT2D eigenvalue weighted by Crippen LogP contribution is -2.32. The first-order chi connectivity index (χ1) is 11.0. The van der Waals surface area contributed by atoms with Crippen LogP contribution in [-0.2, 0) is 11.2 Å². The smallest absolute Gasteiger partial charge is 0.320 e. The summed E-state index contributed by atoms with van der Waals surface area (Å²) >= 11 is 0. The third-order valence-electron chi connectivity index (χ3n) is 3.31. The number of carboxylic acid groups (broad SMARTS) is 1. The predicted molar refractivity (Wildman–Crippen MR) is 89.8 cm³/mol. The van der Waals surface area contributed by atoms with Gasteiger partial charge in [-0.2, -0.15) is 0 Å². The lowest BCUT2D eigenvalue weighted by atomic mass is 10.1. The number of aliphatic imine (C=N–C) groups is 1. The molecule has 0 bridgehead atoms. The summed E-state index contributed by atoms with van der Waals surface area (Å²) in [5, 5.41) is 15.9. The van der Waals surface area contributed by atoms with E-state index in [2.05, 4.69) is 4.99 Å². The highest BCUT2D eigenvalue weighted by Gasteiger charge is 2.16. The average molecular weight is 310 g/mol. The molecular formula is C17H18N4O2. The number of benzene rings is 2. The van der Waals surface area contributed by atoms with Gasteiger partial charge in [-0.15, -0.1) is 0 Å². The van der Waals surface area contributed by atoms with Crippen LogP contribution in [0.3, 0.4) is 0 Å². The summed E-state index contributed by atoms with van der Waals surface area (Å²) in [5.41, 5.74) is 13.5. The van der Waals surface area contributed by atoms with Gasteiger partial charge in [0.05, 0.1) is 0 Å². The third kappa shape index (κ3) is 4.24. The molecule has 0 unspecified atom stereocenters. The van der Waals surface area contributed by atoms with Gasteiger partial charge in [0.15, 0.2) is 5.84 Å². The number of hydrogen-bond donors (Lipinski definition) is 4. The molecule has 1 heterocycles. The van der Waals surface area contributed by atoms with Gasteiger partial charge in [0.1, 0.15) is 11.9 Å². The number of carboxylic acids is 1. The van der Waals surface area contributed by atoms with E-state index in [1.165, 1.54) is 0 Å². The molecule has 0 spiro atoms. The highest BCUT2D eigenvalue weighted by atomic mass is 16.4. The SMILES string of the molecule is N=C1N=C(N)c2ccccc21.N[C@@H](Cc1ccccc1)C(=O)O. The van der Waals surface area contributed by atoms with Gasteiger partial charge in [-0.3, -0.25) is 10.2 Å². The summed E-state index contributed by atoms with van der Waals surface area (Å²) in [7, 11) is 0. The second-order valence-corrected chi connectivity index (χ2v) is 5.03. The Bertz CT molecular complexity index is 741. The van der Waals surface area contributed by atoms with Crippen molar-refractivity contribution in [3.63, 3.8) is 0 Å². The Labute approximate surface area is 134 Å². The summed E-state index contributed by atoms with van der Waals surface area (Å²) in [5.74, 6) is -0.248. The third-order valence-corrected chi connectivity index (χ3v) is 3.31. The molecule has 6 N–H and O–H groups in total. The molecule has 0 radical (unpaired) electrons. The minimum atomic E-state index is -0.959. The van der Waals surface area contributed by atoms with Gasteiger partial charge in [-0.1, -0.05) is 54.6 Å². The Morgan fingerprint density at radius 1 is 1.09 bits per heavy atom. The van der Waals surface area contributed by atoms with Crippen LogP contribution < -0.4 is 11.5 Å². The molecule has 0 saturated carbocycles. The van der Waals surface area contributed by atoms with E-state index >= 15 is 0 Å². The first-order valence-corrected chi connectivity index (χ1v) is 7.04. The molecule has 1 atom stereocenters. The number of aliphatic carboxylic acids is 1. The van der Waals surface area contributed by atoms with E-state index < -0.39 is 12.0 Å². The number of nitrogens with one attached hydrogen (secondary N) is 1. The van der Waals surface area contributed by atoms with E-state index in [-0.39, 0.29) is 5.84 Å². The van der Waals surface area contributed by atoms with Gasteiger partial charge in [0, 0.05) is 11.1 Å². The van der Waals surface area contributed by atoms with Crippen LogP contribution in [0.4, 0.5) is 0 Å². The summed E-state index contributed by atoms with van der Waals surface area (Å²) in [6.45, 7) is 0. The molecule has 118 valence electrons. The second kappa shape index (κ2) is 7.33. The summed E-state index contributed by atoms with van der Waals surface area (Å²) in [6.07, 6.45) is 0.385. The maximum atomic E-state index is 10.4. The summed E-state index contributed by atoms with van der Waals surface area (Å²) in [6, 6.07) is 16.0. The van der Waals surface area contributed by atoms with Crippen LogP contribution in [0.5, 0.6) is 0 Å². The van der Waals surface area contributed by atoms with E-state index in [9.17, 15) is 4.79 Å². The fourth-order valence-corrected chi connectivity index (χ4v) is 2.11. The van der Waals surface area contributed by atoms with E-state index in [0.29, 0.717) is 12.3 Å². The molecule has 0 amide bonds. The second-order valence-electron chi connectivity index (χ2n) is 5.03. The zero-order valence-corrected chi connectivity index (χ0v) is 12.4. The summed E-state index contributed by atoms with van der Waals surface area (Å²) in [4.78, 5) is 14.2. The number of hydrogen-bond acceptors (Lipinski definition) is 4. The normalized spacial score (nSPS) is 13.4. The lowest BCUT2D eigenvalue weighted by Gasteiger charge is -2.04. The number of rotatable bonds is 3. The minimum absolute atomic E-state index is 0.262. The van der Waals surface area contributed by atoms with Crippen molar-refractivity contribution in [2.45, 2.75) is 12.5 Å². The largest absolute Gasteiger partial charge is 0.480 e. The maximum absolute atomic E-state index is 10.4. The van der Waals surface area contributed by atoms with Crippen molar-refractivity contribution < 1.29 is 9.90 Å². The molecule has 6 heteroatoms. The fraction of sp³-hybridized carbons (Fsp3) is 0.118. The Kier molecular flexibility index (Phi) is 5.22. The molecule has 0 saturated heterocycles. The van der Waals surface area contributed by atoms with Crippen LogP contribution in [0.15, 0.2) is 59.6 Å². The van der Waals surface area contributed by atoms with Crippen molar-refractivity contribution in [2.24, 2.45) is 16.5 Å². The van der Waals surface area contributed by atoms with Crippen molar-refractivity contribution in [1.82, 2.24) is 0 Å². The van der Waals surface area contributed by atoms with E-state index in [4.69, 9.17) is 22.0 Å². The monoisotopic (exact) mass is 310 g/mol. The van der Waals surface area contributed by atoms with Crippen LogP contribution in [0, 0.1) is 5.41 Å². The molecule has 1 aliphatic rings. The average Bonchev–Trinajstić information content (AvgIpc) is 2.84. The van der Waals surface area contributed by atoms with Crippen molar-refractivity contribution >= 4 is 17.6 Å². The topological polar surface area (TPSA) is 126 Å². The van der Waals surface area contributed by atoms with Gasteiger partial charge in [-0.05, 0) is 12.0 Å². The highest BCUT2D eigenvalue weighted by Crippen LogP contribution is 2.15. The zero-order chi connectivity index (χ0) is 16.8. The Balaban J connectivity index is 0.000000167. The minimum Gasteiger partial charge on any atom is -0.480 e. The molecule has 23 heavy (non-hydrogen) atoms. The first kappa shape index (κ1) is 16.4. The van der Waals surface area contributed by atoms with Crippen LogP contribution in [0.2, 0.25) is 0 Å². The van der Waals surface area contributed by atoms with Crippen molar-refractivity contribution in [3.8, 4) is 0 Å². The number of carbonyl (C=O) groups is 1. The van der Waals surface area contributed by atoms with E-state index in [0.717, 1.165) is 16.7 Å². The quantitative estimate of drug-likeness (QED) is 0.683. The Morgan fingerprint density at radius 3 is 2.22 bits per heavy atom. The first-order valence-electron chi connectivity index (χ1n) is 7.04. The zero-order valence-electron chi connectivity index (χ0n) is 12.4. The summed E-state index contributed by atoms with van der Waals surface area (Å²) < 4.78 is 0. The van der Waals surface area contributed by atoms with Crippen molar-refractivity contribution in [2.75, 3.05) is 0 Å². The molecule has 6 nitrogen and oxygen atoms in total. The lowest BCUT2D eigenvalue weighted by molar-refractivity contribution is -0.138. The number of nitrogens with two attached hydrogens (primary N) is 2. The van der Waals surface area contributed by atoms with E-state index in [1.807, 2.05) is 54.6 Å². The van der Waals surface area contributed by atoms with Gasteiger partial charge in [-0.25, -0.2) is 4.99 Å². The molecular weight excluding hydrogens is 292 g/mol. The fourth-order valence-electron chi connectivity index (χ4n) is 2.11. The molecule has 2 aromatic carbocycles. The number of nitrogens with zero attached hydrogens (tertiary/aromatic N) is 1. The van der Waals surface area contributed by atoms with Crippen LogP contribution in [0.25, 0.3) is 0 Å². The van der Waals surface area contributed by atoms with Crippen molar-refractivity contribution in [1.29, 1.82) is 5.41 Å². The number of fused-ring (bicyclic) bond motifs is 1. The van der Waals surface area contributed by atoms with Gasteiger partial charge < -0.3 is 16.6 Å². The van der Waals surface area contributed by atoms with Gasteiger partial charge in [0.2, 0.25) is 0 Å². The van der Waals surface area contributed by atoms with Crippen molar-refractivity contribution in [3.05, 3.63) is 71.3 Å². The van der Waals surface area contributed by atoms with Gasteiger partial charge >= 0.3 is 5.97 Å². The van der Waals surface area contributed by atoms with E-state index in [1.54, 1.807) is 0 Å². The molecule has 2 aromatic rings. The van der Waals surface area contributed by atoms with Crippen LogP contribution in [-0.4, -0.2) is 28.8 Å². The molecule has 0 aromatic heterocycles. The predicted octanol–water partition coefficient (Wildman–Crippen LogP) is 1.37. The Hall–Kier alpha value is -2.99. The highest BCUT2D eigenvalue weighted by molar-refractivity contribution is 6.20. The van der Waals surface area contributed by atoms with Crippen LogP contribution in [0.1, 0.15) is 16.7 Å². The van der Waals surface area contributed by atoms with Gasteiger partial charge in [0.25, 0.3) is 0 Å². The Morgan fingerprint density at radius 2 is 1.65 bits per heavy atom. The maximum Gasteiger partial charge on any atom is 0.320 e. The molecule has 0 fully saturated rings. The van der Waals surface area contributed by atoms with Crippen LogP contribution >= 0.6 is 0 Å². The molecule has 1 aliphatic heterocycles. The number of amidine groups is 2. The molecule has 3 rings (SSSR count). The molecule has 0 aliphatic carbocycles.